The molecule has 0 saturated carbocycles. The molecule has 0 aliphatic heterocycles. The zero-order chi connectivity index (χ0) is 0. The van der Waals surface area contributed by atoms with Crippen molar-refractivity contribution in [2.45, 2.75) is 0 Å². The van der Waals surface area contributed by atoms with Crippen LogP contribution >= 0.6 is 0 Å². The maximum Gasteiger partial charge on any atom is 3.00 e. The standard InChI is InChI=1S/13La.45O/q13*+3;45*-2. The fourth-order valence-corrected chi connectivity index (χ4v) is 0. The summed E-state index contributed by atoms with van der Waals surface area (Å²) < 4.78 is 0. The average Bonchev–Trinajstić information content (AvgIpc) is 0. The smallest absolute Gasteiger partial charge is 2.00 e. The van der Waals surface area contributed by atoms with Crippen molar-refractivity contribution in [1.29, 1.82) is 0 Å². The third kappa shape index (κ3) is 1750. The zero-order valence-electron chi connectivity index (χ0n) is 25.9. The van der Waals surface area contributed by atoms with Crippen LogP contribution in [0.15, 0.2) is 0 Å². The fourth-order valence-electron chi connectivity index (χ4n) is 0. The monoisotopic (exact) mass is 2530 g/mol. The molecule has 0 unspecified atom stereocenters. The quantitative estimate of drug-likeness (QED) is 0.219. The molecule has 58 heavy (non-hydrogen) atoms. The van der Waals surface area contributed by atoms with Crippen LogP contribution < -0.4 is 0 Å². The van der Waals surface area contributed by atoms with E-state index in [4.69, 9.17) is 0 Å². The summed E-state index contributed by atoms with van der Waals surface area (Å²) in [5.74, 6) is 0. The van der Waals surface area contributed by atoms with Crippen LogP contribution in [0.5, 0.6) is 0 Å². The van der Waals surface area contributed by atoms with E-state index in [1.165, 1.54) is 0 Å². The Morgan fingerprint density at radius 3 is 0.0345 bits per heavy atom. The molecule has 0 aromatic rings. The Kier molecular flexibility index (Phi) is 59800. The Labute approximate surface area is 691 Å². The minimum atomic E-state index is 0. The molecular weight excluding hydrogens is 2530 g/mol. The number of rotatable bonds is 0. The Bertz CT molecular complexity index is 44.5. The fraction of sp³-hybridized carbons (Fsp3) is 0. The summed E-state index contributed by atoms with van der Waals surface area (Å²) in [5, 5.41) is 0. The van der Waals surface area contributed by atoms with E-state index >= 15 is 0 Å². The van der Waals surface area contributed by atoms with Crippen molar-refractivity contribution in [3.05, 3.63) is 0 Å². The van der Waals surface area contributed by atoms with Gasteiger partial charge in [-0.25, -0.2) is 0 Å². The van der Waals surface area contributed by atoms with Gasteiger partial charge in [-0.3, -0.25) is 0 Å². The summed E-state index contributed by atoms with van der Waals surface area (Å²) in [6.07, 6.45) is 0. The largest absolute Gasteiger partial charge is 3.00 e. The van der Waals surface area contributed by atoms with E-state index < -0.39 is 0 Å². The molecule has 0 bridgehead atoms. The molecule has 45 nitrogen and oxygen atoms in total. The summed E-state index contributed by atoms with van der Waals surface area (Å²) in [6.45, 7) is 0. The van der Waals surface area contributed by atoms with Gasteiger partial charge in [0, 0.05) is 0 Å². The molecule has 0 N–H and O–H groups in total. The maximum absolute atomic E-state index is 0. The van der Waals surface area contributed by atoms with Crippen LogP contribution in [0.4, 0.5) is 0 Å². The Balaban J connectivity index is 0. The minimum Gasteiger partial charge on any atom is -2.00 e. The molecule has 58 heteroatoms. The Morgan fingerprint density at radius 2 is 0.0345 bits per heavy atom. The molecule has 0 spiro atoms. The van der Waals surface area contributed by atoms with E-state index in [0.717, 1.165) is 0 Å². The maximum atomic E-state index is 0. The Hall–Kier alpha value is 13.7. The summed E-state index contributed by atoms with van der Waals surface area (Å²) in [5.41, 5.74) is 0. The summed E-state index contributed by atoms with van der Waals surface area (Å²) in [7, 11) is 0. The van der Waals surface area contributed by atoms with E-state index in [1.807, 2.05) is 0 Å². The van der Waals surface area contributed by atoms with Gasteiger partial charge < -0.3 is 246 Å². The minimum absolute atomic E-state index is 0. The molecule has 0 radical (unpaired) electrons. The van der Waals surface area contributed by atoms with Crippen molar-refractivity contribution < 1.29 is 709 Å². The van der Waals surface area contributed by atoms with E-state index in [-0.39, 0.29) is 709 Å². The van der Waals surface area contributed by atoms with Crippen LogP contribution in [0.3, 0.4) is 0 Å². The molecule has 0 heterocycles. The van der Waals surface area contributed by atoms with Gasteiger partial charge in [0.1, 0.15) is 0 Å². The van der Waals surface area contributed by atoms with Gasteiger partial charge >= 0.3 is 463 Å². The topological polar surface area (TPSA) is 1280 Å². The molecule has 0 aromatic carbocycles. The van der Waals surface area contributed by atoms with Gasteiger partial charge in [-0.15, -0.1) is 0 Å². The van der Waals surface area contributed by atoms with Crippen molar-refractivity contribution >= 4 is 0 Å². The van der Waals surface area contributed by atoms with Gasteiger partial charge in [0.15, 0.2) is 0 Å². The normalized spacial score (nSPS) is 0. The van der Waals surface area contributed by atoms with Gasteiger partial charge in [0.25, 0.3) is 0 Å². The molecule has 0 saturated heterocycles. The van der Waals surface area contributed by atoms with Gasteiger partial charge in [-0.2, -0.15) is 0 Å². The van der Waals surface area contributed by atoms with E-state index in [9.17, 15) is 0 Å². The van der Waals surface area contributed by atoms with Crippen LogP contribution in [-0.2, 0) is 246 Å². The van der Waals surface area contributed by atoms with Crippen LogP contribution in [-0.4, -0.2) is 0 Å². The predicted octanol–water partition coefficient (Wildman–Crippen LogP) is -5.35. The SMILES string of the molecule is [La+3].[La+3].[La+3].[La+3].[La+3].[La+3].[La+3].[La+3].[La+3].[La+3].[La+3].[La+3].[La+3].[O-2].[O-2].[O-2].[O-2].[O-2].[O-2].[O-2].[O-2].[O-2].[O-2].[O-2].[O-2].[O-2].[O-2].[O-2].[O-2].[O-2].[O-2].[O-2].[O-2].[O-2].[O-2].[O-2].[O-2].[O-2].[O-2].[O-2].[O-2].[O-2].[O-2].[O-2].[O-2].[O-2].[O-2].[O-2].[O-2].[O-2].[O-2].[O-2].[O-2].[O-2].[O-2].[O-2].[O-2].[O-2]. The van der Waals surface area contributed by atoms with Crippen molar-refractivity contribution in [2.24, 2.45) is 0 Å². The Morgan fingerprint density at radius 1 is 0.0345 bits per heavy atom. The van der Waals surface area contributed by atoms with Crippen LogP contribution in [0.25, 0.3) is 0 Å². The first-order valence-electron chi connectivity index (χ1n) is 0. The number of hydrogen-bond donors (Lipinski definition) is 0. The molecule has 0 fully saturated rings. The van der Waals surface area contributed by atoms with E-state index in [2.05, 4.69) is 0 Å². The van der Waals surface area contributed by atoms with E-state index in [0.29, 0.717) is 0 Å². The first-order chi connectivity index (χ1) is 0. The van der Waals surface area contributed by atoms with Crippen molar-refractivity contribution in [3.8, 4) is 0 Å². The first-order valence-corrected chi connectivity index (χ1v) is 0. The van der Waals surface area contributed by atoms with Gasteiger partial charge in [-0.1, -0.05) is 0 Å². The van der Waals surface area contributed by atoms with Crippen LogP contribution in [0.2, 0.25) is 0 Å². The van der Waals surface area contributed by atoms with E-state index in [1.54, 1.807) is 0 Å². The molecule has 0 aliphatic carbocycles. The summed E-state index contributed by atoms with van der Waals surface area (Å²) >= 11 is 0. The van der Waals surface area contributed by atoms with Gasteiger partial charge in [0.05, 0.1) is 0 Å². The van der Waals surface area contributed by atoms with Crippen molar-refractivity contribution in [2.75, 3.05) is 0 Å². The molecular formula is La13O45-51. The second-order valence-corrected chi connectivity index (χ2v) is 0. The summed E-state index contributed by atoms with van der Waals surface area (Å²) in [6, 6.07) is 0. The second-order valence-electron chi connectivity index (χ2n) is 0. The average molecular weight is 2530 g/mol. The van der Waals surface area contributed by atoms with Crippen LogP contribution in [0.1, 0.15) is 0 Å². The first kappa shape index (κ1) is 1900. The third-order valence-electron chi connectivity index (χ3n) is 0. The molecule has 360 valence electrons. The van der Waals surface area contributed by atoms with Gasteiger partial charge in [-0.05, 0) is 0 Å². The molecule has 0 rings (SSSR count). The second kappa shape index (κ2) is 1820. The summed E-state index contributed by atoms with van der Waals surface area (Å²) in [4.78, 5) is 0. The van der Waals surface area contributed by atoms with Crippen molar-refractivity contribution in [3.63, 3.8) is 0 Å². The molecule has 0 atom stereocenters. The third-order valence-corrected chi connectivity index (χ3v) is 0. The van der Waals surface area contributed by atoms with Crippen LogP contribution in [0, 0.1) is 463 Å². The molecule has 0 aromatic heterocycles. The molecule has 0 amide bonds. The van der Waals surface area contributed by atoms with Crippen molar-refractivity contribution in [1.82, 2.24) is 0 Å². The predicted molar refractivity (Wildman–Crippen MR) is 30.9 cm³/mol. The molecule has 0 aliphatic rings. The van der Waals surface area contributed by atoms with Gasteiger partial charge in [0.2, 0.25) is 0 Å². The number of hydrogen-bond acceptors (Lipinski definition) is 0. The zero-order valence-corrected chi connectivity index (χ0v) is 73.0.